The number of rotatable bonds is 10. The lowest BCUT2D eigenvalue weighted by Gasteiger charge is -2.04. The average Bonchev–Trinajstić information content (AvgIpc) is 2.36. The van der Waals surface area contributed by atoms with Crippen LogP contribution in [0.5, 0.6) is 0 Å². The molecule has 1 N–H and O–H groups in total. The Balaban J connectivity index is 0. The fourth-order valence-corrected chi connectivity index (χ4v) is 1.24. The minimum absolute atomic E-state index is 0.124. The monoisotopic (exact) mass is 247 g/mol. The normalized spacial score (nSPS) is 9.41. The molecule has 104 valence electrons. The van der Waals surface area contributed by atoms with Gasteiger partial charge in [0.15, 0.2) is 0 Å². The summed E-state index contributed by atoms with van der Waals surface area (Å²) < 4.78 is 9.80. The summed E-state index contributed by atoms with van der Waals surface area (Å²) in [5.41, 5.74) is 0. The fourth-order valence-electron chi connectivity index (χ4n) is 1.24. The Hall–Kier alpha value is -0.610. The van der Waals surface area contributed by atoms with Crippen molar-refractivity contribution in [1.29, 1.82) is 0 Å². The molecule has 0 unspecified atom stereocenters. The highest BCUT2D eigenvalue weighted by Crippen LogP contribution is 1.94. The highest BCUT2D eigenvalue weighted by molar-refractivity contribution is 5.75. The Bertz CT molecular complexity index is 152. The van der Waals surface area contributed by atoms with E-state index < -0.39 is 0 Å². The second kappa shape index (κ2) is 17.8. The molecule has 0 rings (SSSR count). The number of hydrogen-bond donors (Lipinski definition) is 1. The smallest absolute Gasteiger partial charge is 0.220 e. The van der Waals surface area contributed by atoms with Crippen molar-refractivity contribution in [1.82, 2.24) is 5.32 Å². The van der Waals surface area contributed by atoms with Gasteiger partial charge in [-0.3, -0.25) is 4.79 Å². The van der Waals surface area contributed by atoms with Crippen LogP contribution < -0.4 is 5.32 Å². The number of ether oxygens (including phenoxy) is 2. The van der Waals surface area contributed by atoms with Crippen LogP contribution in [0.15, 0.2) is 0 Å². The predicted octanol–water partition coefficient (Wildman–Crippen LogP) is 2.37. The lowest BCUT2D eigenvalue weighted by atomic mass is 10.2. The van der Waals surface area contributed by atoms with Crippen molar-refractivity contribution in [3.63, 3.8) is 0 Å². The van der Waals surface area contributed by atoms with Gasteiger partial charge in [-0.15, -0.1) is 0 Å². The summed E-state index contributed by atoms with van der Waals surface area (Å²) in [6.07, 6.45) is 4.56. The first kappa shape index (κ1) is 18.7. The number of unbranched alkanes of at least 4 members (excludes halogenated alkanes) is 2. The fraction of sp³-hybridized carbons (Fsp3) is 0.923. The molecule has 0 aliphatic rings. The molecular weight excluding hydrogens is 218 g/mol. The van der Waals surface area contributed by atoms with E-state index in [2.05, 4.69) is 5.32 Å². The number of amides is 1. The summed E-state index contributed by atoms with van der Waals surface area (Å²) in [6, 6.07) is 0. The van der Waals surface area contributed by atoms with E-state index in [4.69, 9.17) is 9.47 Å². The third-order valence-electron chi connectivity index (χ3n) is 2.10. The first-order valence-corrected chi connectivity index (χ1v) is 6.56. The van der Waals surface area contributed by atoms with Crippen LogP contribution in [0.1, 0.15) is 46.0 Å². The van der Waals surface area contributed by atoms with Crippen LogP contribution in [-0.4, -0.2) is 39.9 Å². The molecule has 0 fully saturated rings. The third kappa shape index (κ3) is 18.0. The molecule has 17 heavy (non-hydrogen) atoms. The topological polar surface area (TPSA) is 47.6 Å². The van der Waals surface area contributed by atoms with Crippen LogP contribution in [0.2, 0.25) is 0 Å². The van der Waals surface area contributed by atoms with Crippen LogP contribution in [0.3, 0.4) is 0 Å². The Morgan fingerprint density at radius 2 is 1.53 bits per heavy atom. The highest BCUT2D eigenvalue weighted by Gasteiger charge is 1.99. The third-order valence-corrected chi connectivity index (χ3v) is 2.10. The largest absolute Gasteiger partial charge is 0.385 e. The van der Waals surface area contributed by atoms with Gasteiger partial charge in [0.05, 0.1) is 0 Å². The molecule has 0 spiro atoms. The van der Waals surface area contributed by atoms with Gasteiger partial charge in [0.2, 0.25) is 5.91 Å². The molecule has 4 nitrogen and oxygen atoms in total. The quantitative estimate of drug-likeness (QED) is 0.603. The molecule has 0 radical (unpaired) electrons. The van der Waals surface area contributed by atoms with Crippen molar-refractivity contribution in [3.8, 4) is 0 Å². The van der Waals surface area contributed by atoms with E-state index in [1.807, 2.05) is 13.8 Å². The standard InChI is InChI=1S/C11H23NO3.C2H6/c1-14-9-5-3-4-8-12-11(13)7-6-10-15-2;1-2/h3-10H2,1-2H3,(H,12,13);1-2H3. The van der Waals surface area contributed by atoms with E-state index in [9.17, 15) is 4.79 Å². The van der Waals surface area contributed by atoms with Crippen molar-refractivity contribution in [2.45, 2.75) is 46.0 Å². The Kier molecular flexibility index (Phi) is 19.6. The van der Waals surface area contributed by atoms with Gasteiger partial charge in [-0.05, 0) is 25.7 Å². The van der Waals surface area contributed by atoms with Crippen molar-refractivity contribution in [3.05, 3.63) is 0 Å². The average molecular weight is 247 g/mol. The van der Waals surface area contributed by atoms with Gasteiger partial charge in [-0.25, -0.2) is 0 Å². The summed E-state index contributed by atoms with van der Waals surface area (Å²) in [7, 11) is 3.35. The molecule has 4 heteroatoms. The molecule has 0 heterocycles. The van der Waals surface area contributed by atoms with Crippen LogP contribution in [-0.2, 0) is 14.3 Å². The molecule has 0 aromatic carbocycles. The van der Waals surface area contributed by atoms with Crippen LogP contribution in [0.4, 0.5) is 0 Å². The van der Waals surface area contributed by atoms with Gasteiger partial charge in [0, 0.05) is 40.4 Å². The number of nitrogens with one attached hydrogen (secondary N) is 1. The summed E-state index contributed by atoms with van der Waals surface area (Å²) >= 11 is 0. The van der Waals surface area contributed by atoms with Crippen molar-refractivity contribution in [2.24, 2.45) is 0 Å². The van der Waals surface area contributed by atoms with E-state index in [1.165, 1.54) is 0 Å². The highest BCUT2D eigenvalue weighted by atomic mass is 16.5. The molecule has 0 aromatic rings. The maximum atomic E-state index is 11.2. The zero-order valence-corrected chi connectivity index (χ0v) is 11.9. The molecule has 0 aliphatic heterocycles. The number of carbonyl (C=O) groups is 1. The first-order chi connectivity index (χ1) is 8.31. The van der Waals surface area contributed by atoms with Gasteiger partial charge in [0.1, 0.15) is 0 Å². The summed E-state index contributed by atoms with van der Waals surface area (Å²) in [5.74, 6) is 0.124. The molecule has 0 saturated heterocycles. The minimum atomic E-state index is 0.124. The molecule has 0 bridgehead atoms. The first-order valence-electron chi connectivity index (χ1n) is 6.56. The summed E-state index contributed by atoms with van der Waals surface area (Å²) in [5, 5.41) is 2.88. The van der Waals surface area contributed by atoms with E-state index in [-0.39, 0.29) is 5.91 Å². The van der Waals surface area contributed by atoms with Crippen molar-refractivity contribution in [2.75, 3.05) is 34.0 Å². The predicted molar refractivity (Wildman–Crippen MR) is 71.2 cm³/mol. The van der Waals surface area contributed by atoms with Crippen LogP contribution >= 0.6 is 0 Å². The number of methoxy groups -OCH3 is 2. The van der Waals surface area contributed by atoms with E-state index >= 15 is 0 Å². The maximum Gasteiger partial charge on any atom is 0.220 e. The lowest BCUT2D eigenvalue weighted by Crippen LogP contribution is -2.24. The van der Waals surface area contributed by atoms with Crippen LogP contribution in [0.25, 0.3) is 0 Å². The van der Waals surface area contributed by atoms with Gasteiger partial charge < -0.3 is 14.8 Å². The number of carbonyl (C=O) groups excluding carboxylic acids is 1. The molecule has 0 saturated carbocycles. The Labute approximate surface area is 106 Å². The Morgan fingerprint density at radius 1 is 0.941 bits per heavy atom. The number of hydrogen-bond acceptors (Lipinski definition) is 3. The molecule has 0 aromatic heterocycles. The molecule has 0 aliphatic carbocycles. The zero-order chi connectivity index (χ0) is 13.4. The molecule has 1 amide bonds. The van der Waals surface area contributed by atoms with E-state index in [0.717, 1.165) is 38.8 Å². The molecule has 0 atom stereocenters. The molecular formula is C13H29NO3. The van der Waals surface area contributed by atoms with E-state index in [0.29, 0.717) is 13.0 Å². The summed E-state index contributed by atoms with van der Waals surface area (Å²) in [6.45, 7) is 6.23. The Morgan fingerprint density at radius 3 is 2.12 bits per heavy atom. The summed E-state index contributed by atoms with van der Waals surface area (Å²) in [4.78, 5) is 11.2. The second-order valence-corrected chi connectivity index (χ2v) is 3.50. The second-order valence-electron chi connectivity index (χ2n) is 3.50. The van der Waals surface area contributed by atoms with Crippen molar-refractivity contribution >= 4 is 5.91 Å². The van der Waals surface area contributed by atoms with Crippen molar-refractivity contribution < 1.29 is 14.3 Å². The maximum absolute atomic E-state index is 11.2. The van der Waals surface area contributed by atoms with Gasteiger partial charge in [-0.1, -0.05) is 13.8 Å². The van der Waals surface area contributed by atoms with Gasteiger partial charge >= 0.3 is 0 Å². The SMILES string of the molecule is CC.COCCCCCNC(=O)CCCOC. The van der Waals surface area contributed by atoms with Gasteiger partial charge in [-0.2, -0.15) is 0 Å². The van der Waals surface area contributed by atoms with E-state index in [1.54, 1.807) is 14.2 Å². The van der Waals surface area contributed by atoms with Gasteiger partial charge in [0.25, 0.3) is 0 Å². The minimum Gasteiger partial charge on any atom is -0.385 e. The van der Waals surface area contributed by atoms with Crippen LogP contribution in [0, 0.1) is 0 Å². The lowest BCUT2D eigenvalue weighted by molar-refractivity contribution is -0.121. The zero-order valence-electron chi connectivity index (χ0n) is 11.9.